The summed E-state index contributed by atoms with van der Waals surface area (Å²) >= 11 is 1.18. The Morgan fingerprint density at radius 3 is 2.53 bits per heavy atom. The number of piperazine rings is 1. The van der Waals surface area contributed by atoms with Crippen molar-refractivity contribution in [3.63, 3.8) is 0 Å². The molecular formula is C25H33N7O4S2. The number of aromatic nitrogens is 4. The van der Waals surface area contributed by atoms with Gasteiger partial charge >= 0.3 is 0 Å². The largest absolute Gasteiger partial charge is 0.352 e. The van der Waals surface area contributed by atoms with E-state index in [1.54, 1.807) is 25.4 Å². The molecule has 1 aliphatic heterocycles. The number of fused-ring (bicyclic) bond motifs is 1. The number of carbonyl (C=O) groups excluding carboxylic acids is 1. The van der Waals surface area contributed by atoms with Gasteiger partial charge in [0.25, 0.3) is 5.56 Å². The van der Waals surface area contributed by atoms with E-state index in [0.717, 1.165) is 19.3 Å². The highest BCUT2D eigenvalue weighted by molar-refractivity contribution is 7.89. The van der Waals surface area contributed by atoms with Crippen LogP contribution >= 0.6 is 11.3 Å². The van der Waals surface area contributed by atoms with E-state index in [9.17, 15) is 18.0 Å². The number of nitrogens with one attached hydrogen (secondary N) is 1. The number of hydrogen-bond donors (Lipinski definition) is 1. The average Bonchev–Trinajstić information content (AvgIpc) is 3.26. The molecule has 4 heterocycles. The fourth-order valence-electron chi connectivity index (χ4n) is 5.44. The van der Waals surface area contributed by atoms with Crippen molar-refractivity contribution in [2.24, 2.45) is 11.8 Å². The van der Waals surface area contributed by atoms with Crippen LogP contribution in [-0.4, -0.2) is 70.4 Å². The van der Waals surface area contributed by atoms with E-state index in [1.807, 2.05) is 4.90 Å². The minimum absolute atomic E-state index is 0.0103. The zero-order valence-corrected chi connectivity index (χ0v) is 23.5. The standard InChI is InChI=1S/C25H33N7O4S2/c1-16-6-4-7-19(17(16)2)29-20(33)14-31-15-28-23-21(24(31)34)22(18(3)37-23)38(35,36)32-12-10-30(11-13-32)25-26-8-5-9-27-25/h5,8-9,15-17,19H,4,6-7,10-14H2,1-3H3,(H,29,33)/t16-,17-,19+/m0/s1. The zero-order chi connectivity index (χ0) is 27.0. The summed E-state index contributed by atoms with van der Waals surface area (Å²) in [6.07, 6.45) is 7.77. The molecule has 0 radical (unpaired) electrons. The molecule has 0 aromatic carbocycles. The second-order valence-electron chi connectivity index (χ2n) is 10.2. The molecule has 2 aliphatic rings. The lowest BCUT2D eigenvalue weighted by atomic mass is 9.78. The van der Waals surface area contributed by atoms with Crippen LogP contribution in [0, 0.1) is 18.8 Å². The summed E-state index contributed by atoms with van der Waals surface area (Å²) in [4.78, 5) is 42.0. The van der Waals surface area contributed by atoms with Crippen LogP contribution in [0.4, 0.5) is 5.95 Å². The van der Waals surface area contributed by atoms with Gasteiger partial charge in [0.05, 0.1) is 11.7 Å². The first-order valence-electron chi connectivity index (χ1n) is 13.0. The SMILES string of the molecule is Cc1sc2ncn(CC(=O)N[C@@H]3CCC[C@H](C)[C@@H]3C)c(=O)c2c1S(=O)(=O)N1CCN(c2ncccn2)CC1. The van der Waals surface area contributed by atoms with Gasteiger partial charge in [-0.1, -0.05) is 26.7 Å². The second-order valence-corrected chi connectivity index (χ2v) is 13.3. The van der Waals surface area contributed by atoms with Crippen LogP contribution in [-0.2, 0) is 21.4 Å². The molecule has 5 rings (SSSR count). The van der Waals surface area contributed by atoms with Crippen LogP contribution in [0.15, 0.2) is 34.5 Å². The van der Waals surface area contributed by atoms with E-state index >= 15 is 0 Å². The Morgan fingerprint density at radius 2 is 1.82 bits per heavy atom. The Hall–Kier alpha value is -2.90. The van der Waals surface area contributed by atoms with Gasteiger partial charge in [-0.15, -0.1) is 11.3 Å². The molecule has 0 bridgehead atoms. The highest BCUT2D eigenvalue weighted by Crippen LogP contribution is 2.33. The monoisotopic (exact) mass is 559 g/mol. The molecule has 1 amide bonds. The van der Waals surface area contributed by atoms with Gasteiger partial charge in [0.2, 0.25) is 21.9 Å². The summed E-state index contributed by atoms with van der Waals surface area (Å²) in [7, 11) is -3.96. The van der Waals surface area contributed by atoms with E-state index < -0.39 is 15.6 Å². The molecule has 0 spiro atoms. The normalized spacial score (nSPS) is 23.0. The zero-order valence-electron chi connectivity index (χ0n) is 21.8. The Bertz CT molecular complexity index is 1480. The van der Waals surface area contributed by atoms with Gasteiger partial charge in [-0.3, -0.25) is 14.2 Å². The summed E-state index contributed by atoms with van der Waals surface area (Å²) in [5.74, 6) is 1.17. The minimum Gasteiger partial charge on any atom is -0.352 e. The maximum atomic E-state index is 13.8. The van der Waals surface area contributed by atoms with Crippen molar-refractivity contribution >= 4 is 43.4 Å². The van der Waals surface area contributed by atoms with Gasteiger partial charge in [0.1, 0.15) is 16.3 Å². The van der Waals surface area contributed by atoms with E-state index in [1.165, 1.54) is 26.5 Å². The fourth-order valence-corrected chi connectivity index (χ4v) is 8.53. The summed E-state index contributed by atoms with van der Waals surface area (Å²) in [5.41, 5.74) is -0.519. The fraction of sp³-hybridized carbons (Fsp3) is 0.560. The van der Waals surface area contributed by atoms with Crippen LogP contribution in [0.3, 0.4) is 0 Å². The van der Waals surface area contributed by atoms with Gasteiger partial charge in [0, 0.05) is 49.5 Å². The van der Waals surface area contributed by atoms with Crippen molar-refractivity contribution in [2.45, 2.75) is 57.5 Å². The molecule has 1 saturated carbocycles. The van der Waals surface area contributed by atoms with Crippen molar-refractivity contribution in [3.8, 4) is 0 Å². The maximum absolute atomic E-state index is 13.8. The lowest BCUT2D eigenvalue weighted by Crippen LogP contribution is -2.49. The highest BCUT2D eigenvalue weighted by atomic mass is 32.2. The number of thiophene rings is 1. The van der Waals surface area contributed by atoms with Crippen LogP contribution in [0.5, 0.6) is 0 Å². The summed E-state index contributed by atoms with van der Waals surface area (Å²) < 4.78 is 30.2. The Balaban J connectivity index is 1.37. The first kappa shape index (κ1) is 26.7. The molecule has 1 saturated heterocycles. The number of carbonyl (C=O) groups is 1. The van der Waals surface area contributed by atoms with E-state index in [0.29, 0.717) is 40.6 Å². The Labute approximate surface area is 226 Å². The molecule has 3 aromatic rings. The van der Waals surface area contributed by atoms with Crippen LogP contribution in [0.2, 0.25) is 0 Å². The van der Waals surface area contributed by atoms with Crippen molar-refractivity contribution in [1.29, 1.82) is 0 Å². The predicted octanol–water partition coefficient (Wildman–Crippen LogP) is 2.01. The maximum Gasteiger partial charge on any atom is 0.263 e. The van der Waals surface area contributed by atoms with E-state index in [-0.39, 0.29) is 41.9 Å². The Morgan fingerprint density at radius 1 is 1.11 bits per heavy atom. The molecule has 3 atom stereocenters. The number of amides is 1. The van der Waals surface area contributed by atoms with Crippen LogP contribution in [0.25, 0.3) is 10.2 Å². The number of sulfonamides is 1. The average molecular weight is 560 g/mol. The molecule has 1 N–H and O–H groups in total. The Kier molecular flexibility index (Phi) is 7.51. The van der Waals surface area contributed by atoms with Crippen molar-refractivity contribution in [3.05, 3.63) is 40.0 Å². The summed E-state index contributed by atoms with van der Waals surface area (Å²) in [6.45, 7) is 7.18. The van der Waals surface area contributed by atoms with Gasteiger partial charge < -0.3 is 10.2 Å². The lowest BCUT2D eigenvalue weighted by Gasteiger charge is -2.34. The molecule has 204 valence electrons. The topological polar surface area (TPSA) is 130 Å². The molecule has 3 aromatic heterocycles. The molecular weight excluding hydrogens is 526 g/mol. The third-order valence-corrected chi connectivity index (χ3v) is 11.1. The molecule has 13 heteroatoms. The van der Waals surface area contributed by atoms with Crippen molar-refractivity contribution < 1.29 is 13.2 Å². The van der Waals surface area contributed by atoms with Gasteiger partial charge in [-0.25, -0.2) is 23.4 Å². The van der Waals surface area contributed by atoms with Crippen LogP contribution < -0.4 is 15.8 Å². The van der Waals surface area contributed by atoms with Crippen LogP contribution in [0.1, 0.15) is 38.0 Å². The van der Waals surface area contributed by atoms with Crippen molar-refractivity contribution in [1.82, 2.24) is 29.1 Å². The molecule has 0 unspecified atom stereocenters. The molecule has 1 aliphatic carbocycles. The van der Waals surface area contributed by atoms with Crippen molar-refractivity contribution in [2.75, 3.05) is 31.1 Å². The van der Waals surface area contributed by atoms with Gasteiger partial charge in [-0.2, -0.15) is 4.31 Å². The summed E-state index contributed by atoms with van der Waals surface area (Å²) in [5, 5.41) is 3.13. The van der Waals surface area contributed by atoms with E-state index in [2.05, 4.69) is 34.1 Å². The molecule has 11 nitrogen and oxygen atoms in total. The smallest absolute Gasteiger partial charge is 0.263 e. The quantitative estimate of drug-likeness (QED) is 0.485. The number of nitrogens with zero attached hydrogens (tertiary/aromatic N) is 6. The van der Waals surface area contributed by atoms with Gasteiger partial charge in [-0.05, 0) is 31.2 Å². The number of anilines is 1. The van der Waals surface area contributed by atoms with Gasteiger partial charge in [0.15, 0.2) is 0 Å². The highest BCUT2D eigenvalue weighted by Gasteiger charge is 2.34. The second kappa shape index (κ2) is 10.7. The minimum atomic E-state index is -3.96. The predicted molar refractivity (Wildman–Crippen MR) is 146 cm³/mol. The lowest BCUT2D eigenvalue weighted by molar-refractivity contribution is -0.123. The number of hydrogen-bond acceptors (Lipinski definition) is 9. The molecule has 38 heavy (non-hydrogen) atoms. The summed E-state index contributed by atoms with van der Waals surface area (Å²) in [6, 6.07) is 1.80. The number of aryl methyl sites for hydroxylation is 1. The van der Waals surface area contributed by atoms with E-state index in [4.69, 9.17) is 0 Å². The first-order valence-corrected chi connectivity index (χ1v) is 15.2. The molecule has 2 fully saturated rings. The third kappa shape index (κ3) is 5.06. The number of rotatable bonds is 6. The third-order valence-electron chi connectivity index (χ3n) is 7.84. The first-order chi connectivity index (χ1) is 18.2.